The predicted molar refractivity (Wildman–Crippen MR) is 147 cm³/mol. The van der Waals surface area contributed by atoms with E-state index in [2.05, 4.69) is 20.5 Å². The fraction of sp³-hybridized carbons (Fsp3) is 0.103. The molecule has 2 N–H and O–H groups in total. The van der Waals surface area contributed by atoms with Crippen LogP contribution in [-0.2, 0) is 19.6 Å². The van der Waals surface area contributed by atoms with Crippen LogP contribution >= 0.6 is 11.6 Å². The zero-order chi connectivity index (χ0) is 26.1. The van der Waals surface area contributed by atoms with Crippen molar-refractivity contribution >= 4 is 39.4 Å². The summed E-state index contributed by atoms with van der Waals surface area (Å²) in [5, 5.41) is 12.6. The maximum absolute atomic E-state index is 13.2. The largest absolute Gasteiger partial charge is 0.346 e. The monoisotopic (exact) mass is 522 g/mol. The lowest BCUT2D eigenvalue weighted by Gasteiger charge is -2.08. The summed E-state index contributed by atoms with van der Waals surface area (Å²) in [6.45, 7) is 1.32. The van der Waals surface area contributed by atoms with Crippen molar-refractivity contribution in [3.8, 4) is 0 Å². The molecule has 0 saturated heterocycles. The summed E-state index contributed by atoms with van der Waals surface area (Å²) in [4.78, 5) is 29.8. The van der Waals surface area contributed by atoms with E-state index in [0.717, 1.165) is 38.8 Å². The van der Waals surface area contributed by atoms with E-state index in [1.165, 1.54) is 0 Å². The van der Waals surface area contributed by atoms with Gasteiger partial charge in [-0.3, -0.25) is 14.7 Å². The van der Waals surface area contributed by atoms with E-state index >= 15 is 0 Å². The second-order valence-corrected chi connectivity index (χ2v) is 9.51. The Morgan fingerprint density at radius 2 is 1.71 bits per heavy atom. The molecule has 0 unspecified atom stereocenters. The van der Waals surface area contributed by atoms with Gasteiger partial charge < -0.3 is 14.5 Å². The molecule has 9 heteroatoms. The SMILES string of the molecule is O=C(NCc1n[nH]c2ccc(Cl)cc12)c1cn(Cc2ccc(Cn3ccccc3=O)cc2)c2ncccc12. The lowest BCUT2D eigenvalue weighted by molar-refractivity contribution is 0.0952. The number of carbonyl (C=O) groups is 1. The zero-order valence-electron chi connectivity index (χ0n) is 20.3. The van der Waals surface area contributed by atoms with Crippen LogP contribution in [0.4, 0.5) is 0 Å². The molecule has 2 aromatic carbocycles. The van der Waals surface area contributed by atoms with Gasteiger partial charge in [-0.2, -0.15) is 5.10 Å². The average molecular weight is 523 g/mol. The molecule has 188 valence electrons. The van der Waals surface area contributed by atoms with Gasteiger partial charge in [-0.05, 0) is 47.5 Å². The number of pyridine rings is 2. The third-order valence-corrected chi connectivity index (χ3v) is 6.76. The second kappa shape index (κ2) is 9.99. The summed E-state index contributed by atoms with van der Waals surface area (Å²) >= 11 is 6.14. The number of amides is 1. The van der Waals surface area contributed by atoms with Crippen LogP contribution in [0.3, 0.4) is 0 Å². The van der Waals surface area contributed by atoms with E-state index < -0.39 is 0 Å². The van der Waals surface area contributed by atoms with Crippen molar-refractivity contribution in [1.82, 2.24) is 29.6 Å². The number of fused-ring (bicyclic) bond motifs is 2. The van der Waals surface area contributed by atoms with Gasteiger partial charge in [-0.25, -0.2) is 4.98 Å². The van der Waals surface area contributed by atoms with Crippen molar-refractivity contribution in [3.05, 3.63) is 129 Å². The highest BCUT2D eigenvalue weighted by Gasteiger charge is 2.17. The summed E-state index contributed by atoms with van der Waals surface area (Å²) in [5.41, 5.74) is 4.92. The molecule has 0 aliphatic heterocycles. The standard InChI is InChI=1S/C29H23ClN6O2/c30-21-10-11-25-23(14-21)26(34-33-25)15-32-29(38)24-18-36(28-22(24)4-3-12-31-28)17-20-8-6-19(7-9-20)16-35-13-2-1-5-27(35)37/h1-14,18H,15-17H2,(H,32,38)(H,33,34). The number of nitrogens with one attached hydrogen (secondary N) is 2. The molecule has 0 fully saturated rings. The maximum Gasteiger partial charge on any atom is 0.253 e. The zero-order valence-corrected chi connectivity index (χ0v) is 21.0. The van der Waals surface area contributed by atoms with Crippen LogP contribution in [0.2, 0.25) is 5.02 Å². The molecule has 0 radical (unpaired) electrons. The van der Waals surface area contributed by atoms with Crippen LogP contribution in [0.15, 0.2) is 96.2 Å². The van der Waals surface area contributed by atoms with Gasteiger partial charge in [0.1, 0.15) is 5.65 Å². The highest BCUT2D eigenvalue weighted by atomic mass is 35.5. The number of carbonyl (C=O) groups excluding carboxylic acids is 1. The summed E-state index contributed by atoms with van der Waals surface area (Å²) < 4.78 is 3.65. The van der Waals surface area contributed by atoms with Crippen LogP contribution in [0.25, 0.3) is 21.9 Å². The van der Waals surface area contributed by atoms with E-state index in [4.69, 9.17) is 11.6 Å². The maximum atomic E-state index is 13.2. The van der Waals surface area contributed by atoms with E-state index in [9.17, 15) is 9.59 Å². The first-order valence-electron chi connectivity index (χ1n) is 12.1. The Morgan fingerprint density at radius 3 is 2.50 bits per heavy atom. The molecule has 0 aliphatic rings. The molecule has 0 spiro atoms. The first-order valence-corrected chi connectivity index (χ1v) is 12.5. The highest BCUT2D eigenvalue weighted by molar-refractivity contribution is 6.31. The van der Waals surface area contributed by atoms with E-state index in [1.807, 2.05) is 65.4 Å². The molecule has 0 bridgehead atoms. The molecule has 4 aromatic heterocycles. The Kier molecular flexibility index (Phi) is 6.23. The summed E-state index contributed by atoms with van der Waals surface area (Å²) in [7, 11) is 0. The van der Waals surface area contributed by atoms with Gasteiger partial charge >= 0.3 is 0 Å². The van der Waals surface area contributed by atoms with Gasteiger partial charge in [0.25, 0.3) is 11.5 Å². The number of hydrogen-bond acceptors (Lipinski definition) is 4. The smallest absolute Gasteiger partial charge is 0.253 e. The lowest BCUT2D eigenvalue weighted by atomic mass is 10.1. The normalized spacial score (nSPS) is 11.3. The Labute approximate surface area is 222 Å². The minimum absolute atomic E-state index is 0.0310. The molecule has 1 amide bonds. The van der Waals surface area contributed by atoms with Crippen LogP contribution in [0.1, 0.15) is 27.2 Å². The van der Waals surface area contributed by atoms with Gasteiger partial charge in [-0.1, -0.05) is 41.9 Å². The Hall–Kier alpha value is -4.69. The first kappa shape index (κ1) is 23.7. The van der Waals surface area contributed by atoms with E-state index in [0.29, 0.717) is 23.7 Å². The van der Waals surface area contributed by atoms with Crippen molar-refractivity contribution in [2.75, 3.05) is 0 Å². The predicted octanol–water partition coefficient (Wildman–Crippen LogP) is 4.75. The number of H-pyrrole nitrogens is 1. The lowest BCUT2D eigenvalue weighted by Crippen LogP contribution is -2.23. The minimum atomic E-state index is -0.205. The van der Waals surface area contributed by atoms with Crippen molar-refractivity contribution < 1.29 is 4.79 Å². The molecular formula is C29H23ClN6O2. The molecule has 0 saturated carbocycles. The van der Waals surface area contributed by atoms with Gasteiger partial charge in [0.15, 0.2) is 0 Å². The van der Waals surface area contributed by atoms with Crippen molar-refractivity contribution in [2.24, 2.45) is 0 Å². The van der Waals surface area contributed by atoms with Gasteiger partial charge in [-0.15, -0.1) is 0 Å². The number of rotatable bonds is 7. The van der Waals surface area contributed by atoms with Crippen molar-refractivity contribution in [3.63, 3.8) is 0 Å². The Morgan fingerprint density at radius 1 is 0.921 bits per heavy atom. The van der Waals surface area contributed by atoms with Crippen LogP contribution in [0, 0.1) is 0 Å². The van der Waals surface area contributed by atoms with E-state index in [-0.39, 0.29) is 18.0 Å². The molecular weight excluding hydrogens is 500 g/mol. The van der Waals surface area contributed by atoms with Crippen LogP contribution in [-0.4, -0.2) is 30.2 Å². The number of aromatic amines is 1. The Bertz CT molecular complexity index is 1830. The molecule has 38 heavy (non-hydrogen) atoms. The van der Waals surface area contributed by atoms with Crippen LogP contribution < -0.4 is 10.9 Å². The third-order valence-electron chi connectivity index (χ3n) is 6.53. The van der Waals surface area contributed by atoms with Gasteiger partial charge in [0.2, 0.25) is 0 Å². The molecule has 6 rings (SSSR count). The fourth-order valence-corrected chi connectivity index (χ4v) is 4.77. The first-order chi connectivity index (χ1) is 18.5. The number of halogens is 1. The minimum Gasteiger partial charge on any atom is -0.346 e. The van der Waals surface area contributed by atoms with Crippen molar-refractivity contribution in [2.45, 2.75) is 19.6 Å². The highest BCUT2D eigenvalue weighted by Crippen LogP contribution is 2.23. The van der Waals surface area contributed by atoms with Crippen LogP contribution in [0.5, 0.6) is 0 Å². The summed E-state index contributed by atoms with van der Waals surface area (Å²) in [5.74, 6) is -0.205. The molecule has 4 heterocycles. The number of aromatic nitrogens is 5. The van der Waals surface area contributed by atoms with E-state index in [1.54, 1.807) is 35.2 Å². The average Bonchev–Trinajstić information content (AvgIpc) is 3.51. The molecule has 0 aliphatic carbocycles. The quantitative estimate of drug-likeness (QED) is 0.316. The fourth-order valence-electron chi connectivity index (χ4n) is 4.59. The number of nitrogens with zero attached hydrogens (tertiary/aromatic N) is 4. The number of benzene rings is 2. The van der Waals surface area contributed by atoms with Crippen molar-refractivity contribution in [1.29, 1.82) is 0 Å². The molecule has 6 aromatic rings. The third kappa shape index (κ3) is 4.69. The van der Waals surface area contributed by atoms with Gasteiger partial charge in [0.05, 0.1) is 29.9 Å². The summed E-state index contributed by atoms with van der Waals surface area (Å²) in [6, 6.07) is 22.5. The van der Waals surface area contributed by atoms with Gasteiger partial charge in [0, 0.05) is 47.0 Å². The molecule has 0 atom stereocenters. The number of hydrogen-bond donors (Lipinski definition) is 2. The second-order valence-electron chi connectivity index (χ2n) is 9.07. The Balaban J connectivity index is 1.21. The summed E-state index contributed by atoms with van der Waals surface area (Å²) in [6.07, 6.45) is 5.34. The topological polar surface area (TPSA) is 97.6 Å². The molecule has 8 nitrogen and oxygen atoms in total.